The maximum atomic E-state index is 11.8. The summed E-state index contributed by atoms with van der Waals surface area (Å²) in [5, 5.41) is 0. The number of carbonyl (C=O) groups excluding carboxylic acids is 1. The van der Waals surface area contributed by atoms with Gasteiger partial charge in [0.2, 0.25) is 0 Å². The molecule has 0 aliphatic heterocycles. The van der Waals surface area contributed by atoms with Crippen LogP contribution in [0.1, 0.15) is 45.5 Å². The van der Waals surface area contributed by atoms with Crippen molar-refractivity contribution >= 4 is 5.78 Å². The van der Waals surface area contributed by atoms with Crippen LogP contribution in [0.5, 0.6) is 0 Å². The first-order valence-electron chi connectivity index (χ1n) is 6.91. The van der Waals surface area contributed by atoms with Gasteiger partial charge >= 0.3 is 0 Å². The van der Waals surface area contributed by atoms with E-state index in [-0.39, 0.29) is 0 Å². The Kier molecular flexibility index (Phi) is 3.02. The van der Waals surface area contributed by atoms with Crippen LogP contribution in [0.4, 0.5) is 0 Å². The van der Waals surface area contributed by atoms with Crippen LogP contribution in [0.2, 0.25) is 0 Å². The average molecular weight is 253 g/mol. The second-order valence-corrected chi connectivity index (χ2v) is 5.64. The van der Waals surface area contributed by atoms with Crippen LogP contribution < -0.4 is 0 Å². The molecule has 0 saturated carbocycles. The van der Waals surface area contributed by atoms with E-state index in [1.54, 1.807) is 0 Å². The van der Waals surface area contributed by atoms with Crippen molar-refractivity contribution in [2.45, 2.75) is 39.7 Å². The highest BCUT2D eigenvalue weighted by atomic mass is 16.1. The van der Waals surface area contributed by atoms with Crippen LogP contribution in [0.25, 0.3) is 0 Å². The number of nitrogens with zero attached hydrogens (tertiary/aromatic N) is 1. The Morgan fingerprint density at radius 3 is 2.47 bits per heavy atom. The van der Waals surface area contributed by atoms with Gasteiger partial charge in [0.25, 0.3) is 0 Å². The molecule has 0 atom stereocenters. The molecule has 1 aromatic heterocycles. The molecule has 98 valence electrons. The Morgan fingerprint density at radius 1 is 1.05 bits per heavy atom. The van der Waals surface area contributed by atoms with Gasteiger partial charge in [-0.05, 0) is 37.8 Å². The highest BCUT2D eigenvalue weighted by Gasteiger charge is 2.18. The fraction of sp³-hybridized carbons (Fsp3) is 0.353. The molecule has 0 amide bonds. The summed E-state index contributed by atoms with van der Waals surface area (Å²) in [6.07, 6.45) is 6.92. The van der Waals surface area contributed by atoms with Crippen LogP contribution in [-0.2, 0) is 13.0 Å². The number of aromatic nitrogens is 1. The molecule has 1 aliphatic rings. The lowest BCUT2D eigenvalue weighted by Gasteiger charge is -2.07. The minimum absolute atomic E-state index is 0.306. The van der Waals surface area contributed by atoms with E-state index >= 15 is 0 Å². The lowest BCUT2D eigenvalue weighted by molar-refractivity contribution is 0.0973. The second-order valence-electron chi connectivity index (χ2n) is 5.64. The van der Waals surface area contributed by atoms with Crippen molar-refractivity contribution in [2.75, 3.05) is 0 Å². The van der Waals surface area contributed by atoms with Gasteiger partial charge in [-0.15, -0.1) is 0 Å². The molecule has 2 heteroatoms. The number of Topliss-reactive ketones (excluding diaryl/α,β-unsaturated/α-hetero) is 1. The minimum Gasteiger partial charge on any atom is -0.349 e. The maximum absolute atomic E-state index is 11.8. The van der Waals surface area contributed by atoms with Crippen LogP contribution >= 0.6 is 0 Å². The zero-order valence-corrected chi connectivity index (χ0v) is 11.6. The summed E-state index contributed by atoms with van der Waals surface area (Å²) < 4.78 is 2.15. The predicted octanol–water partition coefficient (Wildman–Crippen LogP) is 3.67. The van der Waals surface area contributed by atoms with E-state index in [9.17, 15) is 4.79 Å². The Morgan fingerprint density at radius 2 is 1.79 bits per heavy atom. The first-order chi connectivity index (χ1) is 9.11. The van der Waals surface area contributed by atoms with Gasteiger partial charge in [0.1, 0.15) is 0 Å². The SMILES string of the molecule is Cc1cc(C)cc(Cn2cc3c(c2)C(=O)CCC3)c1. The normalized spacial score (nSPS) is 14.5. The largest absolute Gasteiger partial charge is 0.349 e. The number of fused-ring (bicyclic) bond motifs is 1. The van der Waals surface area contributed by atoms with E-state index in [1.165, 1.54) is 22.3 Å². The van der Waals surface area contributed by atoms with Gasteiger partial charge in [0.15, 0.2) is 5.78 Å². The number of benzene rings is 1. The lowest BCUT2D eigenvalue weighted by atomic mass is 9.95. The fourth-order valence-electron chi connectivity index (χ4n) is 3.04. The van der Waals surface area contributed by atoms with Crippen LogP contribution in [-0.4, -0.2) is 10.4 Å². The molecular formula is C17H19NO. The Balaban J connectivity index is 1.89. The van der Waals surface area contributed by atoms with Gasteiger partial charge < -0.3 is 4.57 Å². The zero-order valence-electron chi connectivity index (χ0n) is 11.6. The maximum Gasteiger partial charge on any atom is 0.164 e. The van der Waals surface area contributed by atoms with Gasteiger partial charge in [-0.2, -0.15) is 0 Å². The van der Waals surface area contributed by atoms with Gasteiger partial charge in [-0.1, -0.05) is 29.3 Å². The van der Waals surface area contributed by atoms with Gasteiger partial charge in [0, 0.05) is 30.9 Å². The van der Waals surface area contributed by atoms with Crippen LogP contribution in [0.15, 0.2) is 30.6 Å². The van der Waals surface area contributed by atoms with Crippen molar-refractivity contribution in [2.24, 2.45) is 0 Å². The number of carbonyl (C=O) groups is 1. The summed E-state index contributed by atoms with van der Waals surface area (Å²) in [6.45, 7) is 5.10. The summed E-state index contributed by atoms with van der Waals surface area (Å²) in [6, 6.07) is 6.62. The molecule has 0 fully saturated rings. The van der Waals surface area contributed by atoms with Crippen molar-refractivity contribution in [3.8, 4) is 0 Å². The van der Waals surface area contributed by atoms with Crippen molar-refractivity contribution in [1.29, 1.82) is 0 Å². The quantitative estimate of drug-likeness (QED) is 0.800. The molecular weight excluding hydrogens is 234 g/mol. The van der Waals surface area contributed by atoms with Gasteiger partial charge in [-0.3, -0.25) is 4.79 Å². The number of hydrogen-bond acceptors (Lipinski definition) is 1. The molecule has 1 heterocycles. The molecule has 0 unspecified atom stereocenters. The van der Waals surface area contributed by atoms with E-state index < -0.39 is 0 Å². The highest BCUT2D eigenvalue weighted by Crippen LogP contribution is 2.22. The number of hydrogen-bond donors (Lipinski definition) is 0. The predicted molar refractivity (Wildman–Crippen MR) is 76.7 cm³/mol. The van der Waals surface area contributed by atoms with E-state index in [2.05, 4.69) is 42.8 Å². The minimum atomic E-state index is 0.306. The van der Waals surface area contributed by atoms with Crippen molar-refractivity contribution in [3.05, 3.63) is 58.4 Å². The third kappa shape index (κ3) is 2.48. The number of rotatable bonds is 2. The molecule has 0 radical (unpaired) electrons. The summed E-state index contributed by atoms with van der Waals surface area (Å²) in [5.74, 6) is 0.306. The third-order valence-electron chi connectivity index (χ3n) is 3.76. The molecule has 1 aromatic carbocycles. The molecule has 0 saturated heterocycles. The Hall–Kier alpha value is -1.83. The summed E-state index contributed by atoms with van der Waals surface area (Å²) in [5.41, 5.74) is 6.06. The second kappa shape index (κ2) is 4.69. The van der Waals surface area contributed by atoms with Crippen molar-refractivity contribution in [3.63, 3.8) is 0 Å². The summed E-state index contributed by atoms with van der Waals surface area (Å²) >= 11 is 0. The summed E-state index contributed by atoms with van der Waals surface area (Å²) in [7, 11) is 0. The Labute approximate surface area is 114 Å². The van der Waals surface area contributed by atoms with Crippen molar-refractivity contribution in [1.82, 2.24) is 4.57 Å². The van der Waals surface area contributed by atoms with Crippen LogP contribution in [0, 0.1) is 13.8 Å². The number of ketones is 1. The molecule has 2 aromatic rings. The first kappa shape index (κ1) is 12.2. The molecule has 0 bridgehead atoms. The van der Waals surface area contributed by atoms with Gasteiger partial charge in [0.05, 0.1) is 0 Å². The molecule has 1 aliphatic carbocycles. The number of aryl methyl sites for hydroxylation is 3. The third-order valence-corrected chi connectivity index (χ3v) is 3.76. The summed E-state index contributed by atoms with van der Waals surface area (Å²) in [4.78, 5) is 11.8. The average Bonchev–Trinajstić information content (AvgIpc) is 2.71. The van der Waals surface area contributed by atoms with E-state index in [1.807, 2.05) is 6.20 Å². The van der Waals surface area contributed by atoms with Crippen LogP contribution in [0.3, 0.4) is 0 Å². The van der Waals surface area contributed by atoms with E-state index in [4.69, 9.17) is 0 Å². The first-order valence-corrected chi connectivity index (χ1v) is 6.91. The highest BCUT2D eigenvalue weighted by molar-refractivity contribution is 5.98. The monoisotopic (exact) mass is 253 g/mol. The molecule has 3 rings (SSSR count). The Bertz CT molecular complexity index is 616. The van der Waals surface area contributed by atoms with Crippen molar-refractivity contribution < 1.29 is 4.79 Å². The fourth-order valence-corrected chi connectivity index (χ4v) is 3.04. The van der Waals surface area contributed by atoms with E-state index in [0.717, 1.165) is 24.9 Å². The molecule has 0 N–H and O–H groups in total. The van der Waals surface area contributed by atoms with Gasteiger partial charge in [-0.25, -0.2) is 0 Å². The zero-order chi connectivity index (χ0) is 13.4. The molecule has 0 spiro atoms. The topological polar surface area (TPSA) is 22.0 Å². The standard InChI is InChI=1S/C17H19NO/c1-12-6-13(2)8-14(7-12)9-18-10-15-4-3-5-17(19)16(15)11-18/h6-8,10-11H,3-5,9H2,1-2H3. The molecule has 19 heavy (non-hydrogen) atoms. The molecule has 2 nitrogen and oxygen atoms in total. The van der Waals surface area contributed by atoms with E-state index in [0.29, 0.717) is 12.2 Å². The lowest BCUT2D eigenvalue weighted by Crippen LogP contribution is -2.07. The smallest absolute Gasteiger partial charge is 0.164 e.